The van der Waals surface area contributed by atoms with Crippen molar-refractivity contribution in [1.29, 1.82) is 0 Å². The molecule has 1 aromatic heterocycles. The van der Waals surface area contributed by atoms with Crippen LogP contribution in [0.25, 0.3) is 0 Å². The maximum atomic E-state index is 12.7. The molecule has 0 aliphatic carbocycles. The van der Waals surface area contributed by atoms with Crippen LogP contribution in [0.2, 0.25) is 0 Å². The van der Waals surface area contributed by atoms with Gasteiger partial charge in [0.15, 0.2) is 10.8 Å². The summed E-state index contributed by atoms with van der Waals surface area (Å²) in [5, 5.41) is 27.3. The van der Waals surface area contributed by atoms with Crippen molar-refractivity contribution in [3.63, 3.8) is 0 Å². The van der Waals surface area contributed by atoms with Gasteiger partial charge >= 0.3 is 35.7 Å². The maximum Gasteiger partial charge on any atom is 1.00 e. The van der Waals surface area contributed by atoms with Crippen molar-refractivity contribution in [2.24, 2.45) is 5.16 Å². The number of aromatic nitrogens is 1. The van der Waals surface area contributed by atoms with Gasteiger partial charge in [0, 0.05) is 29.8 Å². The quantitative estimate of drug-likeness (QED) is 0.107. The molecule has 4 rings (SSSR count). The van der Waals surface area contributed by atoms with Crippen LogP contribution in [0.1, 0.15) is 25.0 Å². The monoisotopic (exact) mass is 532 g/mol. The Morgan fingerprint density at radius 1 is 1.31 bits per heavy atom. The third-order valence-electron chi connectivity index (χ3n) is 5.59. The summed E-state index contributed by atoms with van der Waals surface area (Å²) in [4.78, 5) is 55.9. The van der Waals surface area contributed by atoms with Crippen molar-refractivity contribution in [2.75, 3.05) is 31.2 Å². The van der Waals surface area contributed by atoms with Crippen molar-refractivity contribution >= 4 is 57.8 Å². The maximum absolute atomic E-state index is 12.7. The Kier molecular flexibility index (Phi) is 9.04. The number of ether oxygens (including phenoxy) is 1. The van der Waals surface area contributed by atoms with Crippen LogP contribution in [0.3, 0.4) is 0 Å². The number of carboxylic acids is 1. The number of piperidine rings is 1. The van der Waals surface area contributed by atoms with E-state index < -0.39 is 41.0 Å². The van der Waals surface area contributed by atoms with Gasteiger partial charge in [-0.3, -0.25) is 14.5 Å². The van der Waals surface area contributed by atoms with Crippen LogP contribution in [0, 0.1) is 0 Å². The molecule has 2 atom stereocenters. The van der Waals surface area contributed by atoms with E-state index in [4.69, 9.17) is 10.5 Å². The Balaban J connectivity index is 0.00000342. The number of carboxylic acid groups (broad SMARTS) is 1. The number of amides is 3. The largest absolute Gasteiger partial charge is 1.00 e. The molecular formula is C19H21N6NaO7S2. The van der Waals surface area contributed by atoms with Crippen molar-refractivity contribution in [3.05, 3.63) is 22.3 Å². The molecule has 2 saturated heterocycles. The summed E-state index contributed by atoms with van der Waals surface area (Å²) >= 11 is 2.24. The van der Waals surface area contributed by atoms with E-state index in [0.717, 1.165) is 35.5 Å². The predicted octanol–water partition coefficient (Wildman–Crippen LogP) is -4.07. The first-order chi connectivity index (χ1) is 16.3. The summed E-state index contributed by atoms with van der Waals surface area (Å²) in [5.41, 5.74) is 5.01. The van der Waals surface area contributed by atoms with E-state index in [9.17, 15) is 29.5 Å². The molecule has 1 aromatic rings. The Labute approximate surface area is 230 Å². The molecule has 2 unspecified atom stereocenters. The minimum Gasteiger partial charge on any atom is -0.543 e. The van der Waals surface area contributed by atoms with Crippen molar-refractivity contribution in [2.45, 2.75) is 30.7 Å². The number of hydrogen-bond acceptors (Lipinski definition) is 12. The zero-order valence-corrected chi connectivity index (χ0v) is 22.4. The second kappa shape index (κ2) is 11.6. The first-order valence-electron chi connectivity index (χ1n) is 10.4. The van der Waals surface area contributed by atoms with Crippen molar-refractivity contribution < 1.29 is 63.8 Å². The van der Waals surface area contributed by atoms with Gasteiger partial charge in [0.25, 0.3) is 11.8 Å². The molecule has 0 spiro atoms. The number of likely N-dealkylation sites (tertiary alicyclic amines) is 1. The molecular weight excluding hydrogens is 511 g/mol. The number of anilines is 1. The van der Waals surface area contributed by atoms with Gasteiger partial charge in [0.05, 0.1) is 11.7 Å². The third-order valence-corrected chi connectivity index (χ3v) is 7.60. The Bertz CT molecular complexity index is 1090. The van der Waals surface area contributed by atoms with Crippen LogP contribution < -0.4 is 45.7 Å². The van der Waals surface area contributed by atoms with E-state index >= 15 is 0 Å². The van der Waals surface area contributed by atoms with Gasteiger partial charge in [-0.1, -0.05) is 5.16 Å². The smallest absolute Gasteiger partial charge is 0.543 e. The number of hydrogen-bond donors (Lipinski definition) is 3. The topological polar surface area (TPSA) is 191 Å². The summed E-state index contributed by atoms with van der Waals surface area (Å²) in [6.45, 7) is 0.882. The molecule has 2 fully saturated rings. The first-order valence-corrected chi connectivity index (χ1v) is 12.3. The summed E-state index contributed by atoms with van der Waals surface area (Å²) in [6.07, 6.45) is 2.27. The third kappa shape index (κ3) is 5.58. The second-order valence-electron chi connectivity index (χ2n) is 7.72. The number of nitrogens with one attached hydrogen (secondary N) is 1. The SMILES string of the molecule is Nc1nc(/C(=N/O)C(=O)NC2C(=O)N3C(C(=O)[O-])=C(COC(=O)N4CCCCC4)CSC23)cs1.[Na+]. The average Bonchev–Trinajstić information content (AvgIpc) is 3.26. The van der Waals surface area contributed by atoms with Crippen molar-refractivity contribution in [3.8, 4) is 0 Å². The molecule has 0 aromatic carbocycles. The summed E-state index contributed by atoms with van der Waals surface area (Å²) in [5.74, 6) is -2.98. The summed E-state index contributed by atoms with van der Waals surface area (Å²) < 4.78 is 5.29. The normalized spacial score (nSPS) is 22.1. The van der Waals surface area contributed by atoms with Gasteiger partial charge in [0.1, 0.15) is 23.7 Å². The minimum absolute atomic E-state index is 0. The molecule has 3 aliphatic rings. The molecule has 0 saturated carbocycles. The molecule has 3 aliphatic heterocycles. The Morgan fingerprint density at radius 3 is 2.63 bits per heavy atom. The fourth-order valence-corrected chi connectivity index (χ4v) is 5.79. The van der Waals surface area contributed by atoms with Gasteiger partial charge in [-0.15, -0.1) is 23.1 Å². The molecule has 3 amide bonds. The molecule has 16 heteroatoms. The van der Waals surface area contributed by atoms with E-state index in [-0.39, 0.29) is 64.0 Å². The predicted molar refractivity (Wildman–Crippen MR) is 119 cm³/mol. The standard InChI is InChI=1S/C19H22N6O7S2.Na/c20-18-21-10(8-34-18)11(23-31)14(26)22-12-15(27)25-13(17(28)29)9(7-33-16(12)25)6-32-19(30)24-4-2-1-3-5-24;/h8,12,16,31H,1-7H2,(H2,20,21)(H,22,26)(H,28,29);/q;+1/p-1/b23-11-;. The average molecular weight is 533 g/mol. The molecule has 13 nitrogen and oxygen atoms in total. The van der Waals surface area contributed by atoms with E-state index in [0.29, 0.717) is 13.1 Å². The van der Waals surface area contributed by atoms with Crippen LogP contribution in [0.15, 0.2) is 21.8 Å². The number of nitrogens with two attached hydrogens (primary N) is 1. The number of nitrogens with zero attached hydrogens (tertiary/aromatic N) is 4. The summed E-state index contributed by atoms with van der Waals surface area (Å²) in [6, 6.07) is -1.06. The number of rotatable bonds is 6. The zero-order chi connectivity index (χ0) is 24.4. The zero-order valence-electron chi connectivity index (χ0n) is 18.8. The van der Waals surface area contributed by atoms with Gasteiger partial charge in [0.2, 0.25) is 0 Å². The van der Waals surface area contributed by atoms with Crippen molar-refractivity contribution in [1.82, 2.24) is 20.1 Å². The van der Waals surface area contributed by atoms with Crippen LogP contribution in [0.5, 0.6) is 0 Å². The molecule has 0 radical (unpaired) electrons. The second-order valence-corrected chi connectivity index (χ2v) is 9.72. The number of carbonyl (C=O) groups is 4. The number of β-lactam (4-membered cyclic amide) rings is 1. The van der Waals surface area contributed by atoms with Crippen LogP contribution >= 0.6 is 23.1 Å². The van der Waals surface area contributed by atoms with Crippen LogP contribution in [-0.2, 0) is 19.1 Å². The molecule has 35 heavy (non-hydrogen) atoms. The van der Waals surface area contributed by atoms with E-state index in [2.05, 4.69) is 15.5 Å². The van der Waals surface area contributed by atoms with Crippen LogP contribution in [0.4, 0.5) is 9.93 Å². The fourth-order valence-electron chi connectivity index (χ4n) is 3.92. The number of fused-ring (bicyclic) bond motifs is 1. The Morgan fingerprint density at radius 2 is 2.03 bits per heavy atom. The van der Waals surface area contributed by atoms with Crippen LogP contribution in [-0.4, -0.2) is 86.4 Å². The minimum atomic E-state index is -1.58. The molecule has 0 bridgehead atoms. The van der Waals surface area contributed by atoms with E-state index in [1.54, 1.807) is 4.90 Å². The van der Waals surface area contributed by atoms with Gasteiger partial charge in [-0.05, 0) is 19.3 Å². The van der Waals surface area contributed by atoms with Gasteiger partial charge in [-0.2, -0.15) is 0 Å². The van der Waals surface area contributed by atoms with E-state index in [1.165, 1.54) is 17.1 Å². The van der Waals surface area contributed by atoms with Gasteiger partial charge in [-0.25, -0.2) is 9.78 Å². The number of thiazole rings is 1. The molecule has 4 heterocycles. The fraction of sp³-hybridized carbons (Fsp3) is 0.474. The number of aliphatic carboxylic acids is 1. The number of nitrogen functional groups attached to an aromatic ring is 1. The number of carbonyl (C=O) groups excluding carboxylic acids is 4. The number of thioether (sulfide) groups is 1. The Hall–Kier alpha value is -2.33. The number of oxime groups is 1. The van der Waals surface area contributed by atoms with E-state index in [1.807, 2.05) is 0 Å². The summed E-state index contributed by atoms with van der Waals surface area (Å²) in [7, 11) is 0. The van der Waals surface area contributed by atoms with Gasteiger partial charge < -0.3 is 35.8 Å². The first kappa shape index (κ1) is 27.3. The molecule has 182 valence electrons. The molecule has 4 N–H and O–H groups in total.